The van der Waals surface area contributed by atoms with Gasteiger partial charge in [0.05, 0.1) is 18.9 Å². The zero-order chi connectivity index (χ0) is 15.7. The number of esters is 1. The van der Waals surface area contributed by atoms with Crippen LogP contribution in [0.2, 0.25) is 0 Å². The first-order chi connectivity index (χ1) is 10.1. The van der Waals surface area contributed by atoms with Crippen molar-refractivity contribution in [3.63, 3.8) is 0 Å². The molecule has 5 heteroatoms. The highest BCUT2D eigenvalue weighted by Gasteiger charge is 2.14. The highest BCUT2D eigenvalue weighted by atomic mass is 16.5. The van der Waals surface area contributed by atoms with Crippen molar-refractivity contribution >= 4 is 17.9 Å². The molecule has 0 aliphatic rings. The van der Waals surface area contributed by atoms with Gasteiger partial charge in [-0.3, -0.25) is 4.99 Å². The third kappa shape index (κ3) is 5.39. The number of carbonyl (C=O) groups is 1. The summed E-state index contributed by atoms with van der Waals surface area (Å²) in [5, 5.41) is 18.9. The van der Waals surface area contributed by atoms with Gasteiger partial charge in [0.15, 0.2) is 0 Å². The molecule has 0 saturated carbocycles. The molecule has 0 unspecified atom stereocenters. The maximum absolute atomic E-state index is 11.8. The van der Waals surface area contributed by atoms with Gasteiger partial charge >= 0.3 is 5.97 Å². The summed E-state index contributed by atoms with van der Waals surface area (Å²) in [6.45, 7) is 3.82. The number of aliphatic hydroxyl groups excluding tert-OH is 2. The summed E-state index contributed by atoms with van der Waals surface area (Å²) in [6.07, 6.45) is 2.42. The molecule has 0 saturated heterocycles. The van der Waals surface area contributed by atoms with Crippen molar-refractivity contribution in [2.75, 3.05) is 6.61 Å². The smallest absolute Gasteiger partial charge is 0.343 e. The number of allylic oxidation sites excluding steroid dienone is 1. The molecule has 0 heterocycles. The van der Waals surface area contributed by atoms with Crippen LogP contribution in [0.15, 0.2) is 40.6 Å². The van der Waals surface area contributed by atoms with E-state index >= 15 is 0 Å². The van der Waals surface area contributed by atoms with Crippen LogP contribution in [0, 0.1) is 0 Å². The molecule has 0 atom stereocenters. The third-order valence-corrected chi connectivity index (χ3v) is 2.75. The van der Waals surface area contributed by atoms with E-state index in [9.17, 15) is 9.90 Å². The zero-order valence-electron chi connectivity index (χ0n) is 12.4. The van der Waals surface area contributed by atoms with E-state index in [-0.39, 0.29) is 24.5 Å². The van der Waals surface area contributed by atoms with Crippen molar-refractivity contribution in [3.05, 3.63) is 41.2 Å². The summed E-state index contributed by atoms with van der Waals surface area (Å²) in [4.78, 5) is 16.0. The van der Waals surface area contributed by atoms with Crippen molar-refractivity contribution < 1.29 is 19.7 Å². The Kier molecular flexibility index (Phi) is 7.18. The van der Waals surface area contributed by atoms with Gasteiger partial charge < -0.3 is 14.9 Å². The minimum Gasteiger partial charge on any atom is -0.511 e. The minimum atomic E-state index is -0.584. The minimum absolute atomic E-state index is 0.0216. The Labute approximate surface area is 124 Å². The van der Waals surface area contributed by atoms with Gasteiger partial charge in [-0.2, -0.15) is 0 Å². The van der Waals surface area contributed by atoms with Crippen LogP contribution in [0.1, 0.15) is 32.3 Å². The normalized spacial score (nSPS) is 12.3. The fraction of sp³-hybridized carbons (Fsp3) is 0.375. The van der Waals surface area contributed by atoms with Crippen LogP contribution in [-0.4, -0.2) is 29.0 Å². The number of rotatable bonds is 7. The molecular weight excluding hydrogens is 270 g/mol. The number of ether oxygens (including phenoxy) is 1. The van der Waals surface area contributed by atoms with E-state index in [4.69, 9.17) is 9.84 Å². The maximum atomic E-state index is 11.8. The molecule has 1 aromatic carbocycles. The molecule has 114 valence electrons. The second-order valence-electron chi connectivity index (χ2n) is 4.41. The monoisotopic (exact) mass is 291 g/mol. The first-order valence-corrected chi connectivity index (χ1v) is 6.95. The fourth-order valence-electron chi connectivity index (χ4n) is 1.65. The Hall–Kier alpha value is -2.14. The van der Waals surface area contributed by atoms with Gasteiger partial charge in [-0.25, -0.2) is 4.79 Å². The van der Waals surface area contributed by atoms with Crippen LogP contribution in [0.5, 0.6) is 0 Å². The third-order valence-electron chi connectivity index (χ3n) is 2.75. The molecule has 0 fully saturated rings. The van der Waals surface area contributed by atoms with Gasteiger partial charge in [0.25, 0.3) is 0 Å². The van der Waals surface area contributed by atoms with Gasteiger partial charge in [-0.1, -0.05) is 19.1 Å². The first-order valence-electron chi connectivity index (χ1n) is 6.95. The lowest BCUT2D eigenvalue weighted by atomic mass is 10.1. The number of hydrogen-bond donors (Lipinski definition) is 2. The lowest BCUT2D eigenvalue weighted by molar-refractivity contribution is -0.138. The molecule has 0 aliphatic heterocycles. The second-order valence-corrected chi connectivity index (χ2v) is 4.41. The van der Waals surface area contributed by atoms with Crippen molar-refractivity contribution in [2.24, 2.45) is 4.99 Å². The maximum Gasteiger partial charge on any atom is 0.343 e. The SMILES string of the molecule is CCC/C(O)=C(/C=Nc1ccc(CO)cc1)C(=O)OCC. The summed E-state index contributed by atoms with van der Waals surface area (Å²) in [5.41, 5.74) is 1.48. The summed E-state index contributed by atoms with van der Waals surface area (Å²) in [7, 11) is 0. The number of carbonyl (C=O) groups excluding carboxylic acids is 1. The Morgan fingerprint density at radius 3 is 2.48 bits per heavy atom. The molecule has 1 rings (SSSR count). The predicted molar refractivity (Wildman–Crippen MR) is 81.7 cm³/mol. The second kappa shape index (κ2) is 8.92. The van der Waals surface area contributed by atoms with E-state index in [1.165, 1.54) is 6.21 Å². The molecule has 21 heavy (non-hydrogen) atoms. The molecule has 2 N–H and O–H groups in total. The van der Waals surface area contributed by atoms with Crippen molar-refractivity contribution in [1.82, 2.24) is 0 Å². The van der Waals surface area contributed by atoms with Crippen LogP contribution in [0.3, 0.4) is 0 Å². The number of benzene rings is 1. The molecule has 0 amide bonds. The van der Waals surface area contributed by atoms with E-state index in [0.29, 0.717) is 18.5 Å². The summed E-state index contributed by atoms with van der Waals surface area (Å²) >= 11 is 0. The van der Waals surface area contributed by atoms with Crippen LogP contribution in [0.4, 0.5) is 5.69 Å². The van der Waals surface area contributed by atoms with E-state index < -0.39 is 5.97 Å². The molecule has 0 aromatic heterocycles. The van der Waals surface area contributed by atoms with Crippen LogP contribution in [-0.2, 0) is 16.1 Å². The average Bonchev–Trinajstić information content (AvgIpc) is 2.48. The Morgan fingerprint density at radius 1 is 1.29 bits per heavy atom. The van der Waals surface area contributed by atoms with Gasteiger partial charge in [-0.05, 0) is 31.0 Å². The molecule has 0 bridgehead atoms. The summed E-state index contributed by atoms with van der Waals surface area (Å²) in [6, 6.07) is 6.93. The molecule has 1 aromatic rings. The average molecular weight is 291 g/mol. The van der Waals surface area contributed by atoms with Crippen molar-refractivity contribution in [3.8, 4) is 0 Å². The zero-order valence-corrected chi connectivity index (χ0v) is 12.4. The quantitative estimate of drug-likeness (QED) is 0.350. The van der Waals surface area contributed by atoms with E-state index in [1.807, 2.05) is 6.92 Å². The van der Waals surface area contributed by atoms with E-state index in [1.54, 1.807) is 31.2 Å². The Balaban J connectivity index is 2.96. The number of aliphatic imine (C=N–C) groups is 1. The summed E-state index contributed by atoms with van der Waals surface area (Å²) in [5.74, 6) is -0.606. The van der Waals surface area contributed by atoms with Crippen LogP contribution in [0.25, 0.3) is 0 Å². The van der Waals surface area contributed by atoms with Gasteiger partial charge in [0.1, 0.15) is 11.3 Å². The predicted octanol–water partition coefficient (Wildman–Crippen LogP) is 3.06. The lowest BCUT2D eigenvalue weighted by Gasteiger charge is -2.05. The topological polar surface area (TPSA) is 79.1 Å². The Bertz CT molecular complexity index is 518. The van der Waals surface area contributed by atoms with Gasteiger partial charge in [0.2, 0.25) is 0 Å². The summed E-state index contributed by atoms with van der Waals surface area (Å²) < 4.78 is 4.92. The molecular formula is C16H21NO4. The fourth-order valence-corrected chi connectivity index (χ4v) is 1.65. The number of nitrogens with zero attached hydrogens (tertiary/aromatic N) is 1. The van der Waals surface area contributed by atoms with E-state index in [2.05, 4.69) is 4.99 Å². The van der Waals surface area contributed by atoms with Gasteiger partial charge in [0, 0.05) is 12.6 Å². The van der Waals surface area contributed by atoms with E-state index in [0.717, 1.165) is 5.56 Å². The number of hydrogen-bond acceptors (Lipinski definition) is 5. The first kappa shape index (κ1) is 16.9. The van der Waals surface area contributed by atoms with Gasteiger partial charge in [-0.15, -0.1) is 0 Å². The number of aliphatic hydroxyl groups is 2. The highest BCUT2D eigenvalue weighted by molar-refractivity contribution is 6.10. The largest absolute Gasteiger partial charge is 0.511 e. The molecule has 0 aliphatic carbocycles. The molecule has 0 spiro atoms. The van der Waals surface area contributed by atoms with Crippen molar-refractivity contribution in [2.45, 2.75) is 33.3 Å². The molecule has 0 radical (unpaired) electrons. The Morgan fingerprint density at radius 2 is 1.95 bits per heavy atom. The van der Waals surface area contributed by atoms with Crippen molar-refractivity contribution in [1.29, 1.82) is 0 Å². The lowest BCUT2D eigenvalue weighted by Crippen LogP contribution is -2.11. The standard InChI is InChI=1S/C16H21NO4/c1-3-5-15(19)14(16(20)21-4-2)10-17-13-8-6-12(11-18)7-9-13/h6-10,18-19H,3-5,11H2,1-2H3/b15-14+,17-10?. The van der Waals surface area contributed by atoms with Crippen LogP contribution >= 0.6 is 0 Å². The van der Waals surface area contributed by atoms with Crippen LogP contribution < -0.4 is 0 Å². The highest BCUT2D eigenvalue weighted by Crippen LogP contribution is 2.15. The molecule has 5 nitrogen and oxygen atoms in total.